The van der Waals surface area contributed by atoms with Gasteiger partial charge in [0.2, 0.25) is 0 Å². The van der Waals surface area contributed by atoms with E-state index in [1.807, 2.05) is 6.92 Å². The van der Waals surface area contributed by atoms with Crippen LogP contribution in [0.5, 0.6) is 5.75 Å². The van der Waals surface area contributed by atoms with Gasteiger partial charge in [0.05, 0.1) is 5.69 Å². The van der Waals surface area contributed by atoms with Crippen LogP contribution in [0.25, 0.3) is 0 Å². The lowest BCUT2D eigenvalue weighted by Gasteiger charge is -2.10. The van der Waals surface area contributed by atoms with Crippen LogP contribution in [0.3, 0.4) is 0 Å². The van der Waals surface area contributed by atoms with Gasteiger partial charge < -0.3 is 15.8 Å². The Morgan fingerprint density at radius 3 is 2.76 bits per heavy atom. The first-order chi connectivity index (χ1) is 9.95. The van der Waals surface area contributed by atoms with E-state index in [1.165, 1.54) is 12.1 Å². The lowest BCUT2D eigenvalue weighted by Crippen LogP contribution is -2.21. The van der Waals surface area contributed by atoms with Gasteiger partial charge in [-0.2, -0.15) is 0 Å². The number of rotatable bonds is 4. The maximum atomic E-state index is 13.5. The number of ether oxygens (including phenoxy) is 1. The molecule has 1 amide bonds. The summed E-state index contributed by atoms with van der Waals surface area (Å²) in [5.74, 6) is -0.511. The minimum Gasteiger partial charge on any atom is -0.483 e. The number of nitrogens with two attached hydrogens (primary N) is 1. The summed E-state index contributed by atoms with van der Waals surface area (Å²) in [4.78, 5) is 11.7. The Balaban J connectivity index is 1.96. The van der Waals surface area contributed by atoms with Crippen LogP contribution in [0.1, 0.15) is 5.56 Å². The number of nitrogen functional groups attached to an aromatic ring is 1. The fourth-order valence-electron chi connectivity index (χ4n) is 1.75. The van der Waals surface area contributed by atoms with E-state index in [0.29, 0.717) is 11.4 Å². The molecule has 0 radical (unpaired) electrons. The van der Waals surface area contributed by atoms with Gasteiger partial charge in [-0.05, 0) is 48.9 Å². The Bertz CT molecular complexity index is 677. The van der Waals surface area contributed by atoms with Gasteiger partial charge in [-0.15, -0.1) is 0 Å². The van der Waals surface area contributed by atoms with Crippen molar-refractivity contribution in [2.24, 2.45) is 0 Å². The highest BCUT2D eigenvalue weighted by atomic mass is 35.5. The first kappa shape index (κ1) is 15.1. The Morgan fingerprint density at radius 1 is 1.33 bits per heavy atom. The van der Waals surface area contributed by atoms with Gasteiger partial charge in [-0.3, -0.25) is 4.79 Å². The Hall–Kier alpha value is -2.27. The fraction of sp³-hybridized carbons (Fsp3) is 0.133. The van der Waals surface area contributed by atoms with Crippen molar-refractivity contribution < 1.29 is 13.9 Å². The predicted molar refractivity (Wildman–Crippen MR) is 81.1 cm³/mol. The number of hydrogen-bond acceptors (Lipinski definition) is 3. The molecular formula is C15H14ClFN2O2. The van der Waals surface area contributed by atoms with Crippen LogP contribution in [0.4, 0.5) is 15.8 Å². The van der Waals surface area contributed by atoms with Gasteiger partial charge in [0.25, 0.3) is 5.91 Å². The summed E-state index contributed by atoms with van der Waals surface area (Å²) in [6.07, 6.45) is 0. The minimum absolute atomic E-state index is 0.0574. The third kappa shape index (κ3) is 4.10. The molecule has 0 spiro atoms. The summed E-state index contributed by atoms with van der Waals surface area (Å²) in [6, 6.07) is 9.11. The second-order valence-corrected chi connectivity index (χ2v) is 4.92. The van der Waals surface area contributed by atoms with Crippen molar-refractivity contribution in [2.75, 3.05) is 17.7 Å². The Kier molecular flexibility index (Phi) is 4.65. The molecule has 0 aliphatic carbocycles. The quantitative estimate of drug-likeness (QED) is 0.851. The number of amides is 1. The molecule has 0 unspecified atom stereocenters. The van der Waals surface area contributed by atoms with E-state index >= 15 is 0 Å². The molecule has 6 heteroatoms. The zero-order valence-corrected chi connectivity index (χ0v) is 12.1. The van der Waals surface area contributed by atoms with Crippen LogP contribution in [0.2, 0.25) is 5.02 Å². The van der Waals surface area contributed by atoms with Crippen molar-refractivity contribution in [1.82, 2.24) is 0 Å². The molecule has 0 heterocycles. The molecule has 21 heavy (non-hydrogen) atoms. The molecule has 2 aromatic rings. The van der Waals surface area contributed by atoms with E-state index in [1.54, 1.807) is 18.2 Å². The summed E-state index contributed by atoms with van der Waals surface area (Å²) in [6.45, 7) is 1.59. The zero-order valence-electron chi connectivity index (χ0n) is 11.3. The van der Waals surface area contributed by atoms with Gasteiger partial charge in [-0.1, -0.05) is 11.6 Å². The van der Waals surface area contributed by atoms with E-state index in [-0.39, 0.29) is 17.3 Å². The fourth-order valence-corrected chi connectivity index (χ4v) is 1.91. The van der Waals surface area contributed by atoms with Crippen LogP contribution >= 0.6 is 11.6 Å². The SMILES string of the molecule is Cc1cc(N)ccc1OCC(=O)Nc1ccc(Cl)cc1F. The molecule has 4 nitrogen and oxygen atoms in total. The smallest absolute Gasteiger partial charge is 0.262 e. The number of anilines is 2. The third-order valence-corrected chi connectivity index (χ3v) is 3.00. The summed E-state index contributed by atoms with van der Waals surface area (Å²) >= 11 is 5.64. The third-order valence-electron chi connectivity index (χ3n) is 2.76. The average Bonchev–Trinajstić information content (AvgIpc) is 2.41. The van der Waals surface area contributed by atoms with E-state index < -0.39 is 11.7 Å². The molecule has 0 saturated heterocycles. The molecule has 0 saturated carbocycles. The normalized spacial score (nSPS) is 10.2. The molecule has 0 atom stereocenters. The van der Waals surface area contributed by atoms with Crippen LogP contribution < -0.4 is 15.8 Å². The van der Waals surface area contributed by atoms with Gasteiger partial charge >= 0.3 is 0 Å². The lowest BCUT2D eigenvalue weighted by atomic mass is 10.2. The summed E-state index contributed by atoms with van der Waals surface area (Å²) in [5.41, 5.74) is 7.12. The molecule has 0 aromatic heterocycles. The largest absolute Gasteiger partial charge is 0.483 e. The standard InChI is InChI=1S/C15H14ClFN2O2/c1-9-6-11(18)3-5-14(9)21-8-15(20)19-13-4-2-10(16)7-12(13)17/h2-7H,8,18H2,1H3,(H,19,20). The molecule has 0 fully saturated rings. The van der Waals surface area contributed by atoms with Crippen molar-refractivity contribution in [1.29, 1.82) is 0 Å². The highest BCUT2D eigenvalue weighted by Gasteiger charge is 2.09. The second kappa shape index (κ2) is 6.45. The molecule has 0 aliphatic heterocycles. The number of halogens is 2. The number of aryl methyl sites for hydroxylation is 1. The number of carbonyl (C=O) groups excluding carboxylic acids is 1. The maximum Gasteiger partial charge on any atom is 0.262 e. The van der Waals surface area contributed by atoms with Crippen molar-refractivity contribution in [3.8, 4) is 5.75 Å². The highest BCUT2D eigenvalue weighted by Crippen LogP contribution is 2.21. The van der Waals surface area contributed by atoms with Crippen molar-refractivity contribution in [3.63, 3.8) is 0 Å². The van der Waals surface area contributed by atoms with Gasteiger partial charge in [0, 0.05) is 10.7 Å². The topological polar surface area (TPSA) is 64.3 Å². The van der Waals surface area contributed by atoms with Crippen LogP contribution in [0, 0.1) is 12.7 Å². The Morgan fingerprint density at radius 2 is 2.10 bits per heavy atom. The maximum absolute atomic E-state index is 13.5. The van der Waals surface area contributed by atoms with E-state index in [2.05, 4.69) is 5.32 Å². The molecular weight excluding hydrogens is 295 g/mol. The van der Waals surface area contributed by atoms with Crippen LogP contribution in [0.15, 0.2) is 36.4 Å². The van der Waals surface area contributed by atoms with E-state index in [0.717, 1.165) is 11.6 Å². The monoisotopic (exact) mass is 308 g/mol. The average molecular weight is 309 g/mol. The molecule has 0 aliphatic rings. The number of hydrogen-bond donors (Lipinski definition) is 2. The predicted octanol–water partition coefficient (Wildman–Crippen LogP) is 3.39. The Labute approximate surface area is 126 Å². The first-order valence-electron chi connectivity index (χ1n) is 6.19. The minimum atomic E-state index is -0.598. The zero-order chi connectivity index (χ0) is 15.4. The molecule has 110 valence electrons. The number of nitrogens with one attached hydrogen (secondary N) is 1. The van der Waals surface area contributed by atoms with Gasteiger partial charge in [0.15, 0.2) is 6.61 Å². The second-order valence-electron chi connectivity index (χ2n) is 4.49. The van der Waals surface area contributed by atoms with Crippen molar-refractivity contribution in [2.45, 2.75) is 6.92 Å². The molecule has 3 N–H and O–H groups in total. The van der Waals surface area contributed by atoms with Crippen molar-refractivity contribution in [3.05, 3.63) is 52.8 Å². The van der Waals surface area contributed by atoms with Crippen LogP contribution in [-0.2, 0) is 4.79 Å². The summed E-state index contributed by atoms with van der Waals surface area (Å²) in [5, 5.41) is 2.68. The number of carbonyl (C=O) groups is 1. The molecule has 2 rings (SSSR count). The first-order valence-corrected chi connectivity index (χ1v) is 6.57. The highest BCUT2D eigenvalue weighted by molar-refractivity contribution is 6.30. The van der Waals surface area contributed by atoms with Crippen molar-refractivity contribution >= 4 is 28.9 Å². The van der Waals surface area contributed by atoms with E-state index in [4.69, 9.17) is 22.1 Å². The summed E-state index contributed by atoms with van der Waals surface area (Å²) < 4.78 is 18.9. The lowest BCUT2D eigenvalue weighted by molar-refractivity contribution is -0.118. The summed E-state index contributed by atoms with van der Waals surface area (Å²) in [7, 11) is 0. The number of benzene rings is 2. The van der Waals surface area contributed by atoms with Gasteiger partial charge in [0.1, 0.15) is 11.6 Å². The van der Waals surface area contributed by atoms with Gasteiger partial charge in [-0.25, -0.2) is 4.39 Å². The van der Waals surface area contributed by atoms with Crippen LogP contribution in [-0.4, -0.2) is 12.5 Å². The molecule has 2 aromatic carbocycles. The van der Waals surface area contributed by atoms with E-state index in [9.17, 15) is 9.18 Å². The molecule has 0 bridgehead atoms.